The lowest BCUT2D eigenvalue weighted by Gasteiger charge is -2.15. The molecule has 4 nitrogen and oxygen atoms in total. The van der Waals surface area contributed by atoms with Crippen LogP contribution in [0.2, 0.25) is 0 Å². The molecule has 148 valence electrons. The molecule has 2 saturated carbocycles. The van der Waals surface area contributed by atoms with E-state index in [1.54, 1.807) is 18.2 Å². The van der Waals surface area contributed by atoms with Gasteiger partial charge in [0, 0.05) is 11.5 Å². The van der Waals surface area contributed by atoms with Crippen LogP contribution in [-0.2, 0) is 11.0 Å². The summed E-state index contributed by atoms with van der Waals surface area (Å²) in [6, 6.07) is 8.12. The number of carbonyl (C=O) groups excluding carboxylic acids is 1. The third kappa shape index (κ3) is 3.45. The highest BCUT2D eigenvalue weighted by Crippen LogP contribution is 2.66. The minimum absolute atomic E-state index is 0.0180. The van der Waals surface area contributed by atoms with Gasteiger partial charge < -0.3 is 4.42 Å². The topological polar surface area (TPSA) is 54.6 Å². The molecule has 3 atom stereocenters. The van der Waals surface area contributed by atoms with E-state index in [-0.39, 0.29) is 17.2 Å². The maximum Gasteiger partial charge on any atom is 0.416 e. The van der Waals surface area contributed by atoms with E-state index in [0.717, 1.165) is 25.0 Å². The Balaban J connectivity index is 1.39. The molecule has 0 saturated heterocycles. The number of benzene rings is 1. The third-order valence-corrected chi connectivity index (χ3v) is 6.08. The van der Waals surface area contributed by atoms with Crippen LogP contribution >= 0.6 is 0 Å². The Hall–Kier alpha value is -2.57. The van der Waals surface area contributed by atoms with Crippen molar-refractivity contribution in [2.75, 3.05) is 0 Å². The highest BCUT2D eigenvalue weighted by Gasteiger charge is 2.64. The maximum absolute atomic E-state index is 12.8. The maximum atomic E-state index is 12.8. The van der Waals surface area contributed by atoms with E-state index in [1.807, 2.05) is 0 Å². The Morgan fingerprint density at radius 2 is 2.11 bits per heavy atom. The number of hydrogen-bond acceptors (Lipinski definition) is 3. The number of nitrogens with one attached hydrogen (secondary N) is 1. The van der Waals surface area contributed by atoms with Crippen LogP contribution in [0.5, 0.6) is 0 Å². The van der Waals surface area contributed by atoms with Gasteiger partial charge in [-0.3, -0.25) is 4.79 Å². The summed E-state index contributed by atoms with van der Waals surface area (Å²) in [6.07, 6.45) is 1.48. The van der Waals surface area contributed by atoms with Crippen LogP contribution in [0.1, 0.15) is 43.9 Å². The molecule has 28 heavy (non-hydrogen) atoms. The summed E-state index contributed by atoms with van der Waals surface area (Å²) in [5.41, 5.74) is 2.28. The number of amides is 1. The summed E-state index contributed by atoms with van der Waals surface area (Å²) in [6.45, 7) is 2.17. The average molecular weight is 390 g/mol. The van der Waals surface area contributed by atoms with E-state index < -0.39 is 11.7 Å². The lowest BCUT2D eigenvalue weighted by Crippen LogP contribution is -2.22. The molecule has 0 spiro atoms. The van der Waals surface area contributed by atoms with Crippen LogP contribution in [0.3, 0.4) is 0 Å². The molecule has 2 fully saturated rings. The van der Waals surface area contributed by atoms with Gasteiger partial charge in [0.25, 0.3) is 0 Å². The van der Waals surface area contributed by atoms with Gasteiger partial charge in [-0.05, 0) is 48.4 Å². The summed E-state index contributed by atoms with van der Waals surface area (Å²) < 4.78 is 44.1. The average Bonchev–Trinajstić information content (AvgIpc) is 3.02. The predicted octanol–water partition coefficient (Wildman–Crippen LogP) is 5.24. The van der Waals surface area contributed by atoms with E-state index in [0.29, 0.717) is 23.0 Å². The smallest absolute Gasteiger partial charge is 0.416 e. The number of furan rings is 1. The largest absolute Gasteiger partial charge is 0.455 e. The van der Waals surface area contributed by atoms with Gasteiger partial charge >= 0.3 is 6.18 Å². The first kappa shape index (κ1) is 18.8. The lowest BCUT2D eigenvalue weighted by molar-refractivity contribution is -0.137. The van der Waals surface area contributed by atoms with Gasteiger partial charge in [-0.2, -0.15) is 18.3 Å². The van der Waals surface area contributed by atoms with Crippen molar-refractivity contribution in [2.45, 2.75) is 38.8 Å². The second kappa shape index (κ2) is 6.79. The molecular weight excluding hydrogens is 369 g/mol. The molecule has 2 aliphatic rings. The molecule has 1 aromatic heterocycles. The quantitative estimate of drug-likeness (QED) is 0.573. The van der Waals surface area contributed by atoms with Crippen LogP contribution < -0.4 is 5.43 Å². The van der Waals surface area contributed by atoms with Crippen molar-refractivity contribution in [3.05, 3.63) is 47.7 Å². The monoisotopic (exact) mass is 390 g/mol. The summed E-state index contributed by atoms with van der Waals surface area (Å²) in [5.74, 6) is 1.05. The number of halogens is 3. The summed E-state index contributed by atoms with van der Waals surface area (Å²) in [4.78, 5) is 12.4. The van der Waals surface area contributed by atoms with Crippen LogP contribution in [0, 0.1) is 17.3 Å². The number of carbonyl (C=O) groups is 1. The van der Waals surface area contributed by atoms with Crippen molar-refractivity contribution < 1.29 is 22.4 Å². The Kier molecular flexibility index (Phi) is 4.56. The standard InChI is InChI=1S/C21H21F3N2O2/c1-20-10-3-2-7-16(20)18(20)19(27)26-25-12-15-8-9-17(28-15)13-5-4-6-14(11-13)21(22,23)24/h4-6,8-9,11-12,16,18H,2-3,7,10H2,1H3,(H,26,27)/b25-12-/t16-,18-,20+/m1/s1. The molecule has 0 unspecified atom stereocenters. The van der Waals surface area contributed by atoms with Crippen molar-refractivity contribution in [1.82, 2.24) is 5.43 Å². The van der Waals surface area contributed by atoms with E-state index in [4.69, 9.17) is 4.42 Å². The highest BCUT2D eigenvalue weighted by atomic mass is 19.4. The van der Waals surface area contributed by atoms with Crippen LogP contribution in [-0.4, -0.2) is 12.1 Å². The van der Waals surface area contributed by atoms with Crippen LogP contribution in [0.4, 0.5) is 13.2 Å². The first-order valence-corrected chi connectivity index (χ1v) is 9.39. The SMILES string of the molecule is C[C@]12CCCC[C@@H]1[C@@H]2C(=O)N/N=C\c1ccc(-c2cccc(C(F)(F)F)c2)o1. The normalized spacial score (nSPS) is 26.9. The molecule has 2 aliphatic carbocycles. The Morgan fingerprint density at radius 1 is 1.29 bits per heavy atom. The van der Waals surface area contributed by atoms with E-state index in [9.17, 15) is 18.0 Å². The van der Waals surface area contributed by atoms with Gasteiger partial charge in [0.15, 0.2) is 0 Å². The first-order valence-electron chi connectivity index (χ1n) is 9.39. The van der Waals surface area contributed by atoms with Crippen molar-refractivity contribution >= 4 is 12.1 Å². The zero-order valence-electron chi connectivity index (χ0n) is 15.4. The fourth-order valence-electron chi connectivity index (χ4n) is 4.51. The molecule has 1 N–H and O–H groups in total. The molecular formula is C21H21F3N2O2. The molecule has 7 heteroatoms. The number of alkyl halides is 3. The lowest BCUT2D eigenvalue weighted by atomic mass is 9.90. The molecule has 0 bridgehead atoms. The van der Waals surface area contributed by atoms with Crippen molar-refractivity contribution in [3.63, 3.8) is 0 Å². The van der Waals surface area contributed by atoms with Crippen molar-refractivity contribution in [3.8, 4) is 11.3 Å². The van der Waals surface area contributed by atoms with Gasteiger partial charge in [0.2, 0.25) is 5.91 Å². The molecule has 1 heterocycles. The Labute approximate surface area is 160 Å². The zero-order chi connectivity index (χ0) is 19.9. The van der Waals surface area contributed by atoms with E-state index in [1.165, 1.54) is 25.1 Å². The zero-order valence-corrected chi connectivity index (χ0v) is 15.4. The molecule has 0 aliphatic heterocycles. The van der Waals surface area contributed by atoms with Gasteiger partial charge in [-0.1, -0.05) is 31.9 Å². The first-order chi connectivity index (χ1) is 13.3. The highest BCUT2D eigenvalue weighted by molar-refractivity contribution is 5.85. The minimum atomic E-state index is -4.41. The van der Waals surface area contributed by atoms with Gasteiger partial charge in [-0.25, -0.2) is 5.43 Å². The third-order valence-electron chi connectivity index (χ3n) is 6.08. The summed E-state index contributed by atoms with van der Waals surface area (Å²) in [7, 11) is 0. The number of nitrogens with zero attached hydrogens (tertiary/aromatic N) is 1. The number of hydrazone groups is 1. The molecule has 1 amide bonds. The fraction of sp³-hybridized carbons (Fsp3) is 0.429. The predicted molar refractivity (Wildman–Crippen MR) is 98.4 cm³/mol. The molecule has 1 aromatic carbocycles. The van der Waals surface area contributed by atoms with Crippen molar-refractivity contribution in [1.29, 1.82) is 0 Å². The second-order valence-electron chi connectivity index (χ2n) is 7.85. The number of fused-ring (bicyclic) bond motifs is 1. The van der Waals surface area contributed by atoms with Crippen molar-refractivity contribution in [2.24, 2.45) is 22.4 Å². The van der Waals surface area contributed by atoms with E-state index in [2.05, 4.69) is 17.5 Å². The Bertz CT molecular complexity index is 918. The van der Waals surface area contributed by atoms with E-state index >= 15 is 0 Å². The number of rotatable bonds is 4. The van der Waals surface area contributed by atoms with Gasteiger partial charge in [-0.15, -0.1) is 0 Å². The molecule has 0 radical (unpaired) electrons. The molecule has 2 aromatic rings. The summed E-state index contributed by atoms with van der Waals surface area (Å²) in [5, 5.41) is 3.96. The number of hydrogen-bond donors (Lipinski definition) is 1. The summed E-state index contributed by atoms with van der Waals surface area (Å²) >= 11 is 0. The van der Waals surface area contributed by atoms with Crippen LogP contribution in [0.15, 0.2) is 45.9 Å². The molecule has 4 rings (SSSR count). The Morgan fingerprint density at radius 3 is 2.82 bits per heavy atom. The van der Waals surface area contributed by atoms with Crippen LogP contribution in [0.25, 0.3) is 11.3 Å². The minimum Gasteiger partial charge on any atom is -0.455 e. The van der Waals surface area contributed by atoms with Gasteiger partial charge in [0.1, 0.15) is 11.5 Å². The fourth-order valence-corrected chi connectivity index (χ4v) is 4.51. The van der Waals surface area contributed by atoms with Gasteiger partial charge in [0.05, 0.1) is 11.8 Å². The second-order valence-corrected chi connectivity index (χ2v) is 7.85.